The Bertz CT molecular complexity index is 731. The summed E-state index contributed by atoms with van der Waals surface area (Å²) in [5, 5.41) is 21.0. The Morgan fingerprint density at radius 2 is 2.40 bits per heavy atom. The number of halogens is 1. The Balaban J connectivity index is 1.61. The highest BCUT2D eigenvalue weighted by Crippen LogP contribution is 2.14. The molecule has 25 heavy (non-hydrogen) atoms. The van der Waals surface area contributed by atoms with Gasteiger partial charge in [-0.05, 0) is 31.0 Å². The van der Waals surface area contributed by atoms with Crippen molar-refractivity contribution in [2.75, 3.05) is 13.1 Å². The van der Waals surface area contributed by atoms with E-state index in [1.807, 2.05) is 11.6 Å². The molecule has 134 valence electrons. The van der Waals surface area contributed by atoms with Crippen molar-refractivity contribution in [2.45, 2.75) is 38.5 Å². The summed E-state index contributed by atoms with van der Waals surface area (Å²) in [6.45, 7) is 3.58. The number of hydrogen-bond donors (Lipinski definition) is 3. The van der Waals surface area contributed by atoms with Crippen molar-refractivity contribution in [3.63, 3.8) is 0 Å². The largest absolute Gasteiger partial charge is 0.386 e. The van der Waals surface area contributed by atoms with E-state index in [2.05, 4.69) is 25.7 Å². The number of fused-ring (bicyclic) bond motifs is 1. The third-order valence-electron chi connectivity index (χ3n) is 4.15. The molecule has 1 aliphatic rings. The van der Waals surface area contributed by atoms with E-state index in [9.17, 15) is 9.50 Å². The van der Waals surface area contributed by atoms with Gasteiger partial charge in [0.15, 0.2) is 5.96 Å². The molecule has 3 N–H and O–H groups in total. The number of nitrogens with one attached hydrogen (secondary N) is 2. The summed E-state index contributed by atoms with van der Waals surface area (Å²) in [6, 6.07) is 6.15. The fourth-order valence-electron chi connectivity index (χ4n) is 2.87. The Kier molecular flexibility index (Phi) is 5.60. The first kappa shape index (κ1) is 17.3. The lowest BCUT2D eigenvalue weighted by Gasteiger charge is -2.25. The molecule has 0 radical (unpaired) electrons. The van der Waals surface area contributed by atoms with Crippen molar-refractivity contribution >= 4 is 5.96 Å². The number of guanidine groups is 1. The molecule has 2 heterocycles. The summed E-state index contributed by atoms with van der Waals surface area (Å²) in [5.74, 6) is 1.27. The monoisotopic (exact) mass is 346 g/mol. The topological polar surface area (TPSA) is 87.4 Å². The van der Waals surface area contributed by atoms with Gasteiger partial charge < -0.3 is 15.7 Å². The van der Waals surface area contributed by atoms with Crippen LogP contribution in [0.5, 0.6) is 0 Å². The molecular formula is C17H23FN6O. The van der Waals surface area contributed by atoms with Crippen LogP contribution < -0.4 is 10.6 Å². The van der Waals surface area contributed by atoms with Crippen molar-refractivity contribution in [1.82, 2.24) is 25.4 Å². The van der Waals surface area contributed by atoms with Crippen molar-refractivity contribution in [2.24, 2.45) is 4.99 Å². The Labute approximate surface area is 146 Å². The third-order valence-corrected chi connectivity index (χ3v) is 4.15. The maximum absolute atomic E-state index is 13.3. The lowest BCUT2D eigenvalue weighted by atomic mass is 10.1. The molecule has 8 heteroatoms. The van der Waals surface area contributed by atoms with Crippen LogP contribution in [-0.2, 0) is 13.0 Å². The van der Waals surface area contributed by atoms with Crippen molar-refractivity contribution in [1.29, 1.82) is 0 Å². The van der Waals surface area contributed by atoms with Crippen LogP contribution in [0, 0.1) is 5.82 Å². The summed E-state index contributed by atoms with van der Waals surface area (Å²) in [7, 11) is 0. The molecule has 2 unspecified atom stereocenters. The van der Waals surface area contributed by atoms with Gasteiger partial charge in [0.1, 0.15) is 18.0 Å². The maximum atomic E-state index is 13.3. The molecule has 0 saturated carbocycles. The van der Waals surface area contributed by atoms with Gasteiger partial charge >= 0.3 is 0 Å². The highest BCUT2D eigenvalue weighted by Gasteiger charge is 2.20. The van der Waals surface area contributed by atoms with Crippen LogP contribution in [0.2, 0.25) is 0 Å². The van der Waals surface area contributed by atoms with Gasteiger partial charge in [-0.2, -0.15) is 5.10 Å². The second kappa shape index (κ2) is 8.06. The van der Waals surface area contributed by atoms with Crippen LogP contribution in [0.25, 0.3) is 0 Å². The number of hydrogen-bond acceptors (Lipinski definition) is 4. The zero-order chi connectivity index (χ0) is 17.6. The molecule has 1 aromatic carbocycles. The van der Waals surface area contributed by atoms with Gasteiger partial charge in [0.05, 0.1) is 19.2 Å². The molecule has 1 aromatic heterocycles. The molecule has 2 aromatic rings. The van der Waals surface area contributed by atoms with E-state index in [-0.39, 0.29) is 18.4 Å². The number of aryl methyl sites for hydroxylation is 1. The predicted octanol–water partition coefficient (Wildman–Crippen LogP) is 1.02. The second-order valence-electron chi connectivity index (χ2n) is 6.03. The minimum absolute atomic E-state index is 0.153. The van der Waals surface area contributed by atoms with Gasteiger partial charge in [0.25, 0.3) is 0 Å². The minimum atomic E-state index is -0.848. The van der Waals surface area contributed by atoms with Crippen LogP contribution in [-0.4, -0.2) is 45.0 Å². The van der Waals surface area contributed by atoms with Crippen LogP contribution in [0.1, 0.15) is 30.8 Å². The lowest BCUT2D eigenvalue weighted by molar-refractivity contribution is 0.186. The standard InChI is InChI=1S/C17H23FN6O/c1-2-19-17(20-9-15(25)12-4-3-5-13(18)8-12)23-14-6-7-16-21-11-22-24(16)10-14/h3-5,8,11,14-15,25H,2,6-7,9-10H2,1H3,(H2,19,20,23). The van der Waals surface area contributed by atoms with Crippen molar-refractivity contribution < 1.29 is 9.50 Å². The predicted molar refractivity (Wildman–Crippen MR) is 92.6 cm³/mol. The molecular weight excluding hydrogens is 323 g/mol. The number of aromatic nitrogens is 3. The molecule has 2 atom stereocenters. The quantitative estimate of drug-likeness (QED) is 0.556. The number of aliphatic hydroxyl groups excluding tert-OH is 1. The summed E-state index contributed by atoms with van der Waals surface area (Å²) in [5.41, 5.74) is 0.518. The van der Waals surface area contributed by atoms with E-state index in [1.54, 1.807) is 18.5 Å². The van der Waals surface area contributed by atoms with Crippen molar-refractivity contribution in [3.05, 3.63) is 47.8 Å². The molecule has 1 aliphatic heterocycles. The number of aliphatic hydroxyl groups is 1. The average molecular weight is 346 g/mol. The normalized spacial score (nSPS) is 18.5. The molecule has 0 spiro atoms. The van der Waals surface area contributed by atoms with E-state index >= 15 is 0 Å². The van der Waals surface area contributed by atoms with Gasteiger partial charge in [0, 0.05) is 19.0 Å². The number of rotatable bonds is 5. The summed E-state index contributed by atoms with van der Waals surface area (Å²) in [4.78, 5) is 8.66. The van der Waals surface area contributed by atoms with Gasteiger partial charge in [0.2, 0.25) is 0 Å². The van der Waals surface area contributed by atoms with Gasteiger partial charge in [-0.15, -0.1) is 0 Å². The van der Waals surface area contributed by atoms with Gasteiger partial charge in [-0.3, -0.25) is 4.99 Å². The minimum Gasteiger partial charge on any atom is -0.386 e. The van der Waals surface area contributed by atoms with Crippen LogP contribution in [0.3, 0.4) is 0 Å². The van der Waals surface area contributed by atoms with E-state index in [4.69, 9.17) is 0 Å². The lowest BCUT2D eigenvalue weighted by Crippen LogP contribution is -2.47. The molecule has 0 fully saturated rings. The summed E-state index contributed by atoms with van der Waals surface area (Å²) < 4.78 is 15.2. The zero-order valence-corrected chi connectivity index (χ0v) is 14.2. The number of nitrogens with zero attached hydrogens (tertiary/aromatic N) is 4. The molecule has 7 nitrogen and oxygen atoms in total. The second-order valence-corrected chi connectivity index (χ2v) is 6.03. The van der Waals surface area contributed by atoms with Crippen LogP contribution in [0.15, 0.2) is 35.6 Å². The van der Waals surface area contributed by atoms with E-state index in [0.717, 1.165) is 25.2 Å². The number of benzene rings is 1. The summed E-state index contributed by atoms with van der Waals surface area (Å²) >= 11 is 0. The molecule has 3 rings (SSSR count). The SMILES string of the molecule is CCNC(=NCC(O)c1cccc(F)c1)NC1CCc2ncnn2C1. The first-order valence-electron chi connectivity index (χ1n) is 8.50. The molecule has 0 aliphatic carbocycles. The van der Waals surface area contributed by atoms with Gasteiger partial charge in [-0.1, -0.05) is 12.1 Å². The first-order chi connectivity index (χ1) is 12.2. The average Bonchev–Trinajstić information content (AvgIpc) is 3.07. The van der Waals surface area contributed by atoms with E-state index in [0.29, 0.717) is 18.1 Å². The Morgan fingerprint density at radius 3 is 3.20 bits per heavy atom. The molecule has 0 saturated heterocycles. The summed E-state index contributed by atoms with van der Waals surface area (Å²) in [6.07, 6.45) is 2.53. The maximum Gasteiger partial charge on any atom is 0.191 e. The first-order valence-corrected chi connectivity index (χ1v) is 8.50. The Hall–Kier alpha value is -2.48. The van der Waals surface area contributed by atoms with Gasteiger partial charge in [-0.25, -0.2) is 14.1 Å². The van der Waals surface area contributed by atoms with Crippen LogP contribution >= 0.6 is 0 Å². The Morgan fingerprint density at radius 1 is 1.52 bits per heavy atom. The third kappa shape index (κ3) is 4.54. The molecule has 0 amide bonds. The smallest absolute Gasteiger partial charge is 0.191 e. The van der Waals surface area contributed by atoms with Crippen LogP contribution in [0.4, 0.5) is 4.39 Å². The van der Waals surface area contributed by atoms with E-state index in [1.165, 1.54) is 12.1 Å². The van der Waals surface area contributed by atoms with Crippen molar-refractivity contribution in [3.8, 4) is 0 Å². The number of aliphatic imine (C=N–C) groups is 1. The highest BCUT2D eigenvalue weighted by atomic mass is 19.1. The molecule has 0 bridgehead atoms. The highest BCUT2D eigenvalue weighted by molar-refractivity contribution is 5.80. The fourth-order valence-corrected chi connectivity index (χ4v) is 2.87. The fraction of sp³-hybridized carbons (Fsp3) is 0.471. The van der Waals surface area contributed by atoms with E-state index < -0.39 is 6.10 Å². The zero-order valence-electron chi connectivity index (χ0n) is 14.2.